The molecule has 0 bridgehead atoms. The van der Waals surface area contributed by atoms with Crippen molar-refractivity contribution in [3.8, 4) is 11.2 Å². The maximum absolute atomic E-state index is 11.2. The zero-order valence-electron chi connectivity index (χ0n) is 25.5. The monoisotopic (exact) mass is 747 g/mol. The Kier molecular flexibility index (Phi) is 14.4. The van der Waals surface area contributed by atoms with Gasteiger partial charge in [0.05, 0.1) is 26.0 Å². The minimum absolute atomic E-state index is 0.153. The molecule has 0 spiro atoms. The number of hydrogen-bond acceptors (Lipinski definition) is 13. The van der Waals surface area contributed by atoms with E-state index in [9.17, 15) is 9.90 Å². The van der Waals surface area contributed by atoms with Gasteiger partial charge in [-0.2, -0.15) is 9.99 Å². The Bertz CT molecular complexity index is 2280. The van der Waals surface area contributed by atoms with Crippen molar-refractivity contribution in [2.45, 2.75) is 11.3 Å². The summed E-state index contributed by atoms with van der Waals surface area (Å²) < 4.78 is 8.11. The van der Waals surface area contributed by atoms with E-state index < -0.39 is 5.63 Å². The third-order valence-corrected chi connectivity index (χ3v) is 9.44. The number of azo groups is 1. The summed E-state index contributed by atoms with van der Waals surface area (Å²) in [6.07, 6.45) is 3.16. The lowest BCUT2D eigenvalue weighted by molar-refractivity contribution is 0.180. The molecule has 0 saturated carbocycles. The van der Waals surface area contributed by atoms with Crippen molar-refractivity contribution in [2.75, 3.05) is 5.08 Å². The highest BCUT2D eigenvalue weighted by Crippen LogP contribution is 2.31. The quantitative estimate of drug-likeness (QED) is 0.0293. The first-order chi connectivity index (χ1) is 23.8. The number of aromatic nitrogens is 4. The summed E-state index contributed by atoms with van der Waals surface area (Å²) in [5.74, 6) is 0.239. The number of nitrogens with one attached hydrogen (secondary N) is 1. The summed E-state index contributed by atoms with van der Waals surface area (Å²) >= 11 is 15.1. The third kappa shape index (κ3) is 11.3. The van der Waals surface area contributed by atoms with Gasteiger partial charge < -0.3 is 14.8 Å². The number of para-hydroxylation sites is 2. The fourth-order valence-electron chi connectivity index (χ4n) is 3.65. The molecule has 3 aromatic carbocycles. The van der Waals surface area contributed by atoms with E-state index >= 15 is 0 Å². The molecule has 7 rings (SSSR count). The first kappa shape index (κ1) is 36.8. The number of H-pyrrole nitrogens is 1. The number of hydrogen-bond donors (Lipinski definition) is 3. The van der Waals surface area contributed by atoms with Gasteiger partial charge in [0.2, 0.25) is 0 Å². The second-order valence-corrected chi connectivity index (χ2v) is 13.5. The summed E-state index contributed by atoms with van der Waals surface area (Å²) in [4.78, 5) is 19.6. The van der Waals surface area contributed by atoms with Crippen LogP contribution in [0, 0.1) is 22.2 Å². The Balaban J connectivity index is 0.000000151. The van der Waals surface area contributed by atoms with Crippen LogP contribution in [0.15, 0.2) is 133 Å². The molecule has 248 valence electrons. The number of thioether (sulfide) groups is 2. The Labute approximate surface area is 302 Å². The van der Waals surface area contributed by atoms with E-state index in [4.69, 9.17) is 22.1 Å². The largest absolute Gasteiger partial charge is 0.506 e. The average Bonchev–Trinajstić information content (AvgIpc) is 3.68. The summed E-state index contributed by atoms with van der Waals surface area (Å²) in [5.41, 5.74) is 2.34. The molecule has 0 amide bonds. The van der Waals surface area contributed by atoms with Crippen molar-refractivity contribution in [3.63, 3.8) is 0 Å². The van der Waals surface area contributed by atoms with E-state index in [0.29, 0.717) is 26.6 Å². The van der Waals surface area contributed by atoms with Crippen LogP contribution in [0.5, 0.6) is 5.75 Å². The molecular formula is C33H26ClN7O4S4. The minimum Gasteiger partial charge on any atom is -0.506 e. The molecule has 3 N–H and O–H groups in total. The molecule has 16 heteroatoms. The normalized spacial score (nSPS) is 10.3. The lowest BCUT2D eigenvalue weighted by Crippen LogP contribution is -1.89. The summed E-state index contributed by atoms with van der Waals surface area (Å²) in [6, 6.07) is 29.3. The maximum Gasteiger partial charge on any atom is 0.384 e. The molecule has 0 aliphatic carbocycles. The lowest BCUT2D eigenvalue weighted by Gasteiger charge is -1.96. The topological polar surface area (TPSA) is 166 Å². The van der Waals surface area contributed by atoms with Gasteiger partial charge in [-0.15, -0.1) is 21.6 Å². The van der Waals surface area contributed by atoms with Gasteiger partial charge in [0.1, 0.15) is 27.0 Å². The van der Waals surface area contributed by atoms with E-state index in [0.717, 1.165) is 25.1 Å². The fourth-order valence-corrected chi connectivity index (χ4v) is 6.61. The summed E-state index contributed by atoms with van der Waals surface area (Å²) in [7, 11) is 0. The Morgan fingerprint density at radius 2 is 1.80 bits per heavy atom. The zero-order chi connectivity index (χ0) is 35.0. The molecule has 0 saturated heterocycles. The van der Waals surface area contributed by atoms with Crippen molar-refractivity contribution in [3.05, 3.63) is 135 Å². The summed E-state index contributed by atoms with van der Waals surface area (Å²) in [5, 5.41) is 40.7. The molecule has 0 aliphatic rings. The molecule has 0 fully saturated rings. The number of nitrogens with zero attached hydrogens (tertiary/aromatic N) is 6. The number of rotatable bonds is 5. The number of aromatic amines is 1. The molecule has 0 radical (unpaired) electrons. The number of halogens is 1. The number of nitriles is 1. The Morgan fingerprint density at radius 1 is 1.04 bits per heavy atom. The van der Waals surface area contributed by atoms with Crippen LogP contribution in [0.2, 0.25) is 5.02 Å². The van der Waals surface area contributed by atoms with Crippen LogP contribution < -0.4 is 5.63 Å². The van der Waals surface area contributed by atoms with Crippen LogP contribution in [0.3, 0.4) is 0 Å². The molecule has 4 aromatic heterocycles. The van der Waals surface area contributed by atoms with Crippen LogP contribution in [0.1, 0.15) is 5.69 Å². The van der Waals surface area contributed by atoms with Gasteiger partial charge in [-0.25, -0.2) is 14.9 Å². The predicted molar refractivity (Wildman–Crippen MR) is 199 cm³/mol. The molecule has 49 heavy (non-hydrogen) atoms. The van der Waals surface area contributed by atoms with Gasteiger partial charge in [0, 0.05) is 17.8 Å². The lowest BCUT2D eigenvalue weighted by atomic mass is 10.2. The number of pyridine rings is 2. The van der Waals surface area contributed by atoms with Gasteiger partial charge in [0.25, 0.3) is 0 Å². The van der Waals surface area contributed by atoms with E-state index in [-0.39, 0.29) is 11.4 Å². The first-order valence-electron chi connectivity index (χ1n) is 14.0. The smallest absolute Gasteiger partial charge is 0.384 e. The van der Waals surface area contributed by atoms with Crippen LogP contribution in [0.25, 0.3) is 21.1 Å². The van der Waals surface area contributed by atoms with Crippen molar-refractivity contribution in [2.24, 2.45) is 10.2 Å². The predicted octanol–water partition coefficient (Wildman–Crippen LogP) is 10.3. The number of phenols is 1. The maximum atomic E-state index is 11.2. The molecule has 0 atom stereocenters. The number of benzene rings is 3. The van der Waals surface area contributed by atoms with Crippen molar-refractivity contribution in [1.82, 2.24) is 19.9 Å². The van der Waals surface area contributed by atoms with Crippen molar-refractivity contribution >= 4 is 91.2 Å². The highest BCUT2D eigenvalue weighted by Gasteiger charge is 2.07. The van der Waals surface area contributed by atoms with E-state index in [1.165, 1.54) is 22.7 Å². The second kappa shape index (κ2) is 19.1. The second-order valence-electron chi connectivity index (χ2n) is 9.30. The van der Waals surface area contributed by atoms with Gasteiger partial charge in [-0.3, -0.25) is 4.98 Å². The van der Waals surface area contributed by atoms with Crippen molar-refractivity contribution < 1.29 is 14.8 Å². The van der Waals surface area contributed by atoms with Crippen LogP contribution in [-0.4, -0.2) is 35.3 Å². The van der Waals surface area contributed by atoms with Gasteiger partial charge in [-0.1, -0.05) is 84.1 Å². The van der Waals surface area contributed by atoms with Crippen molar-refractivity contribution in [1.29, 1.82) is 5.26 Å². The highest BCUT2D eigenvalue weighted by atomic mass is 35.5. The van der Waals surface area contributed by atoms with E-state index in [1.54, 1.807) is 90.8 Å². The number of fused-ring (bicyclic) bond motifs is 2. The molecule has 4 heterocycles. The fraction of sp³-hybridized carbons (Fsp3) is 0.0606. The highest BCUT2D eigenvalue weighted by molar-refractivity contribution is 8.18. The van der Waals surface area contributed by atoms with E-state index in [1.807, 2.05) is 41.8 Å². The van der Waals surface area contributed by atoms with Crippen LogP contribution in [0.4, 0.5) is 11.4 Å². The average molecular weight is 748 g/mol. The number of aromatic hydroxyl groups is 1. The summed E-state index contributed by atoms with van der Waals surface area (Å²) in [6.45, 7) is 1.67. The number of aryl methyl sites for hydroxylation is 1. The minimum atomic E-state index is -0.548. The Morgan fingerprint density at radius 3 is 2.47 bits per heavy atom. The number of thiazole rings is 1. The first-order valence-corrected chi connectivity index (χ1v) is 17.6. The molecule has 0 aliphatic heterocycles. The number of phenolic OH excluding ortho intramolecular Hbond substituents is 1. The van der Waals surface area contributed by atoms with Crippen LogP contribution >= 0.6 is 58.7 Å². The zero-order valence-corrected chi connectivity index (χ0v) is 29.5. The number of thiocyanates is 1. The van der Waals surface area contributed by atoms with Crippen LogP contribution in [-0.2, 0) is 0 Å². The molecule has 0 unspecified atom stereocenters. The third-order valence-electron chi connectivity index (χ3n) is 5.95. The van der Waals surface area contributed by atoms with Gasteiger partial charge in [0.15, 0.2) is 10.0 Å². The van der Waals surface area contributed by atoms with E-state index in [2.05, 4.69) is 48.2 Å². The molecular weight excluding hydrogens is 722 g/mol. The van der Waals surface area contributed by atoms with Gasteiger partial charge in [-0.05, 0) is 67.2 Å². The SMILES string of the molecule is Cc1[nH]oc(=O)c1N=Nc1ccccc1Cl.N#CSCSc1nc2ccccc2s1.Oc1cccc2cccnc12.On1ccccc1=S. The molecule has 11 nitrogen and oxygen atoms in total. The standard InChI is InChI=1S/C10H8ClN3O2.C9H6N2S3.C9H7NO.C5H5NOS/c1-6-9(10(15)16-14-6)13-12-8-5-3-2-4-7(8)11;10-5-12-6-13-9-11-7-3-1-2-4-8(7)14-9;11-8-5-1-3-7-4-2-6-10-9(7)8;7-6-4-2-1-3-5(6)8/h2-5,14H,1H3;1-4H,6H2;1-6,11H;1-4,7H. The molecule has 7 aromatic rings. The Hall–Kier alpha value is -4.98. The van der Waals surface area contributed by atoms with Gasteiger partial charge >= 0.3 is 5.63 Å².